The molecule has 28 heavy (non-hydrogen) atoms. The number of methoxy groups -OCH3 is 2. The fourth-order valence-corrected chi connectivity index (χ4v) is 4.74. The lowest BCUT2D eigenvalue weighted by Crippen LogP contribution is -2.22. The molecule has 0 atom stereocenters. The second-order valence-electron chi connectivity index (χ2n) is 5.72. The first-order chi connectivity index (χ1) is 13.3. The second-order valence-corrected chi connectivity index (χ2v) is 8.88. The Labute approximate surface area is 168 Å². The minimum absolute atomic E-state index is 0.0559. The maximum atomic E-state index is 12.6. The standard InChI is InChI=1S/C18H24N2O6S2/c1-5-26-18-15(24-3)8-13(9-16(18)25-4)10-20-28(22,23)17-7-6-14(27-17)11-19-12(2)21/h6-9,20H,5,10-11H2,1-4H3,(H,19,21). The fraction of sp³-hybridized carbons (Fsp3) is 0.389. The number of amides is 1. The molecule has 8 nitrogen and oxygen atoms in total. The average Bonchev–Trinajstić information content (AvgIpc) is 3.15. The van der Waals surface area contributed by atoms with Gasteiger partial charge in [-0.2, -0.15) is 0 Å². The van der Waals surface area contributed by atoms with Gasteiger partial charge in [0.05, 0.1) is 27.4 Å². The zero-order valence-electron chi connectivity index (χ0n) is 16.2. The average molecular weight is 429 g/mol. The van der Waals surface area contributed by atoms with Crippen LogP contribution in [0.3, 0.4) is 0 Å². The van der Waals surface area contributed by atoms with Crippen LogP contribution < -0.4 is 24.2 Å². The van der Waals surface area contributed by atoms with Crippen molar-refractivity contribution in [3.8, 4) is 17.2 Å². The van der Waals surface area contributed by atoms with Gasteiger partial charge in [-0.3, -0.25) is 4.79 Å². The molecule has 0 aliphatic carbocycles. The van der Waals surface area contributed by atoms with Gasteiger partial charge in [0.1, 0.15) is 4.21 Å². The van der Waals surface area contributed by atoms with E-state index in [1.54, 1.807) is 18.2 Å². The number of nitrogens with one attached hydrogen (secondary N) is 2. The summed E-state index contributed by atoms with van der Waals surface area (Å²) < 4.78 is 44.1. The number of sulfonamides is 1. The highest BCUT2D eigenvalue weighted by atomic mass is 32.2. The first-order valence-electron chi connectivity index (χ1n) is 8.51. The van der Waals surface area contributed by atoms with Gasteiger partial charge >= 0.3 is 0 Å². The van der Waals surface area contributed by atoms with Crippen LogP contribution in [0.15, 0.2) is 28.5 Å². The summed E-state index contributed by atoms with van der Waals surface area (Å²) in [6, 6.07) is 6.60. The predicted octanol–water partition coefficient (Wildman–Crippen LogP) is 2.28. The van der Waals surface area contributed by atoms with Gasteiger partial charge in [0.2, 0.25) is 21.7 Å². The molecule has 0 bridgehead atoms. The number of hydrogen-bond donors (Lipinski definition) is 2. The van der Waals surface area contributed by atoms with Crippen molar-refractivity contribution in [2.75, 3.05) is 20.8 Å². The van der Waals surface area contributed by atoms with Crippen molar-refractivity contribution < 1.29 is 27.4 Å². The van der Waals surface area contributed by atoms with Crippen LogP contribution in [0, 0.1) is 0 Å². The van der Waals surface area contributed by atoms with Crippen molar-refractivity contribution in [1.82, 2.24) is 10.0 Å². The molecule has 0 aliphatic rings. The Bertz CT molecular complexity index is 899. The Kier molecular flexibility index (Phi) is 7.67. The molecule has 1 aromatic carbocycles. The molecule has 2 N–H and O–H groups in total. The van der Waals surface area contributed by atoms with Crippen molar-refractivity contribution in [2.45, 2.75) is 31.1 Å². The molecule has 0 aliphatic heterocycles. The van der Waals surface area contributed by atoms with Gasteiger partial charge in [0.15, 0.2) is 11.5 Å². The van der Waals surface area contributed by atoms with Crippen LogP contribution in [0.2, 0.25) is 0 Å². The van der Waals surface area contributed by atoms with Gasteiger partial charge in [0, 0.05) is 18.3 Å². The van der Waals surface area contributed by atoms with Gasteiger partial charge in [-0.15, -0.1) is 11.3 Å². The topological polar surface area (TPSA) is 103 Å². The third kappa shape index (κ3) is 5.60. The van der Waals surface area contributed by atoms with Crippen LogP contribution in [0.4, 0.5) is 0 Å². The molecule has 0 saturated heterocycles. The van der Waals surface area contributed by atoms with Gasteiger partial charge < -0.3 is 19.5 Å². The molecular formula is C18H24N2O6S2. The summed E-state index contributed by atoms with van der Waals surface area (Å²) >= 11 is 1.11. The maximum Gasteiger partial charge on any atom is 0.250 e. The number of hydrogen-bond acceptors (Lipinski definition) is 7. The molecule has 0 radical (unpaired) electrons. The molecule has 2 rings (SSSR count). The predicted molar refractivity (Wildman–Crippen MR) is 107 cm³/mol. The summed E-state index contributed by atoms with van der Waals surface area (Å²) in [7, 11) is -0.678. The van der Waals surface area contributed by atoms with Crippen molar-refractivity contribution in [1.29, 1.82) is 0 Å². The van der Waals surface area contributed by atoms with Crippen LogP contribution in [0.5, 0.6) is 17.2 Å². The van der Waals surface area contributed by atoms with Crippen LogP contribution in [-0.2, 0) is 27.9 Å². The summed E-state index contributed by atoms with van der Waals surface area (Å²) in [5.74, 6) is 1.22. The van der Waals surface area contributed by atoms with Crippen molar-refractivity contribution >= 4 is 27.3 Å². The lowest BCUT2D eigenvalue weighted by atomic mass is 10.2. The highest BCUT2D eigenvalue weighted by molar-refractivity contribution is 7.91. The molecule has 10 heteroatoms. The second kappa shape index (κ2) is 9.76. The lowest BCUT2D eigenvalue weighted by molar-refractivity contribution is -0.119. The summed E-state index contributed by atoms with van der Waals surface area (Å²) in [5.41, 5.74) is 0.663. The van der Waals surface area contributed by atoms with Crippen LogP contribution >= 0.6 is 11.3 Å². The van der Waals surface area contributed by atoms with E-state index in [4.69, 9.17) is 14.2 Å². The maximum absolute atomic E-state index is 12.6. The van der Waals surface area contributed by atoms with Crippen LogP contribution in [0.1, 0.15) is 24.3 Å². The number of carbonyl (C=O) groups is 1. The zero-order valence-corrected chi connectivity index (χ0v) is 17.8. The largest absolute Gasteiger partial charge is 0.493 e. The van der Waals surface area contributed by atoms with Crippen molar-refractivity contribution in [2.24, 2.45) is 0 Å². The first-order valence-corrected chi connectivity index (χ1v) is 10.8. The summed E-state index contributed by atoms with van der Waals surface area (Å²) in [4.78, 5) is 11.7. The Balaban J connectivity index is 2.15. The monoisotopic (exact) mass is 428 g/mol. The molecule has 154 valence electrons. The van der Waals surface area contributed by atoms with E-state index in [0.717, 1.165) is 16.2 Å². The van der Waals surface area contributed by atoms with E-state index in [-0.39, 0.29) is 16.7 Å². The number of carbonyl (C=O) groups excluding carboxylic acids is 1. The zero-order chi connectivity index (χ0) is 20.7. The van der Waals surface area contributed by atoms with Gasteiger partial charge in [-0.1, -0.05) is 0 Å². The molecule has 0 spiro atoms. The third-order valence-corrected chi connectivity index (χ3v) is 6.67. The minimum Gasteiger partial charge on any atom is -0.493 e. The highest BCUT2D eigenvalue weighted by Gasteiger charge is 2.19. The number of rotatable bonds is 10. The van der Waals surface area contributed by atoms with E-state index in [9.17, 15) is 13.2 Å². The quantitative estimate of drug-likeness (QED) is 0.602. The number of thiophene rings is 1. The summed E-state index contributed by atoms with van der Waals surface area (Å²) in [5, 5.41) is 2.64. The van der Waals surface area contributed by atoms with E-state index < -0.39 is 10.0 Å². The van der Waals surface area contributed by atoms with E-state index in [1.807, 2.05) is 6.92 Å². The van der Waals surface area contributed by atoms with Gasteiger partial charge in [-0.05, 0) is 36.8 Å². The van der Waals surface area contributed by atoms with E-state index in [1.165, 1.54) is 27.2 Å². The molecular weight excluding hydrogens is 404 g/mol. The molecule has 0 unspecified atom stereocenters. The molecule has 2 aromatic rings. The summed E-state index contributed by atoms with van der Waals surface area (Å²) in [6.07, 6.45) is 0. The Morgan fingerprint density at radius 3 is 2.29 bits per heavy atom. The van der Waals surface area contributed by atoms with E-state index >= 15 is 0 Å². The molecule has 1 heterocycles. The minimum atomic E-state index is -3.69. The summed E-state index contributed by atoms with van der Waals surface area (Å²) in [6.45, 7) is 4.05. The fourth-order valence-electron chi connectivity index (χ4n) is 2.38. The lowest BCUT2D eigenvalue weighted by Gasteiger charge is -2.15. The Morgan fingerprint density at radius 1 is 1.11 bits per heavy atom. The molecule has 1 aromatic heterocycles. The molecule has 0 fully saturated rings. The van der Waals surface area contributed by atoms with Crippen LogP contribution in [-0.4, -0.2) is 35.2 Å². The SMILES string of the molecule is CCOc1c(OC)cc(CNS(=O)(=O)c2ccc(CNC(C)=O)s2)cc1OC. The van der Waals surface area contributed by atoms with Crippen molar-refractivity contribution in [3.63, 3.8) is 0 Å². The molecule has 1 amide bonds. The Morgan fingerprint density at radius 2 is 1.75 bits per heavy atom. The van der Waals surface area contributed by atoms with E-state index in [0.29, 0.717) is 36.0 Å². The van der Waals surface area contributed by atoms with Crippen molar-refractivity contribution in [3.05, 3.63) is 34.7 Å². The first kappa shape index (κ1) is 22.0. The normalized spacial score (nSPS) is 11.1. The molecule has 0 saturated carbocycles. The Hall–Kier alpha value is -2.30. The van der Waals surface area contributed by atoms with Crippen LogP contribution in [0.25, 0.3) is 0 Å². The third-order valence-electron chi connectivity index (χ3n) is 3.69. The number of ether oxygens (including phenoxy) is 3. The van der Waals surface area contributed by atoms with Gasteiger partial charge in [-0.25, -0.2) is 13.1 Å². The number of benzene rings is 1. The highest BCUT2D eigenvalue weighted by Crippen LogP contribution is 2.38. The smallest absolute Gasteiger partial charge is 0.250 e. The van der Waals surface area contributed by atoms with Gasteiger partial charge in [0.25, 0.3) is 0 Å². The van der Waals surface area contributed by atoms with E-state index in [2.05, 4.69) is 10.0 Å².